The molecule has 1 aromatic rings. The quantitative estimate of drug-likeness (QED) is 0.817. The van der Waals surface area contributed by atoms with E-state index in [9.17, 15) is 4.79 Å². The van der Waals surface area contributed by atoms with Gasteiger partial charge in [-0.2, -0.15) is 0 Å². The Hall–Kier alpha value is -0.960. The number of nitrogens with zero attached hydrogens (tertiary/aromatic N) is 1. The summed E-state index contributed by atoms with van der Waals surface area (Å²) in [5, 5.41) is 0.0771. The van der Waals surface area contributed by atoms with Crippen LogP contribution in [0.25, 0.3) is 0 Å². The Bertz CT molecular complexity index is 360. The Morgan fingerprint density at radius 1 is 1.29 bits per heavy atom. The molecular weight excluding hydrogens is 230 g/mol. The predicted molar refractivity (Wildman–Crippen MR) is 73.0 cm³/mol. The van der Waals surface area contributed by atoms with Gasteiger partial charge < -0.3 is 4.90 Å². The van der Waals surface area contributed by atoms with E-state index < -0.39 is 0 Å². The molecular formula is C14H19NOS. The summed E-state index contributed by atoms with van der Waals surface area (Å²) in [6.45, 7) is 3.93. The fraction of sp³-hybridized carbons (Fsp3) is 0.500. The van der Waals surface area contributed by atoms with Crippen molar-refractivity contribution in [1.82, 2.24) is 4.90 Å². The van der Waals surface area contributed by atoms with Gasteiger partial charge in [0.2, 0.25) is 5.91 Å². The topological polar surface area (TPSA) is 20.3 Å². The highest BCUT2D eigenvalue weighted by molar-refractivity contribution is 7.99. The van der Waals surface area contributed by atoms with Crippen molar-refractivity contribution in [3.63, 3.8) is 0 Å². The van der Waals surface area contributed by atoms with Gasteiger partial charge in [0.15, 0.2) is 0 Å². The number of hydrogen-bond acceptors (Lipinski definition) is 2. The van der Waals surface area contributed by atoms with Crippen molar-refractivity contribution in [3.05, 3.63) is 35.9 Å². The molecule has 1 aliphatic rings. The molecule has 1 atom stereocenters. The third kappa shape index (κ3) is 3.50. The summed E-state index contributed by atoms with van der Waals surface area (Å²) in [6.07, 6.45) is 2.34. The van der Waals surface area contributed by atoms with Crippen LogP contribution in [0.1, 0.15) is 25.3 Å². The number of hydrogen-bond donors (Lipinski definition) is 0. The minimum atomic E-state index is 0.0771. The van der Waals surface area contributed by atoms with Crippen LogP contribution in [0, 0.1) is 0 Å². The van der Waals surface area contributed by atoms with Crippen LogP contribution in [0.2, 0.25) is 0 Å². The summed E-state index contributed by atoms with van der Waals surface area (Å²) in [7, 11) is 0. The van der Waals surface area contributed by atoms with Crippen molar-refractivity contribution in [2.75, 3.05) is 13.1 Å². The highest BCUT2D eigenvalue weighted by Crippen LogP contribution is 2.21. The molecule has 0 saturated carbocycles. The first kappa shape index (κ1) is 12.5. The van der Waals surface area contributed by atoms with Gasteiger partial charge in [-0.3, -0.25) is 4.79 Å². The first-order chi connectivity index (χ1) is 8.27. The molecule has 2 rings (SSSR count). The predicted octanol–water partition coefficient (Wildman–Crippen LogP) is 2.93. The van der Waals surface area contributed by atoms with Gasteiger partial charge in [-0.05, 0) is 25.3 Å². The first-order valence-electron chi connectivity index (χ1n) is 6.21. The molecule has 1 fully saturated rings. The molecule has 0 spiro atoms. The van der Waals surface area contributed by atoms with Crippen molar-refractivity contribution < 1.29 is 4.79 Å². The lowest BCUT2D eigenvalue weighted by atomic mass is 10.2. The van der Waals surface area contributed by atoms with E-state index in [-0.39, 0.29) is 5.25 Å². The lowest BCUT2D eigenvalue weighted by Crippen LogP contribution is -2.34. The highest BCUT2D eigenvalue weighted by atomic mass is 32.2. The molecule has 0 aromatic heterocycles. The maximum absolute atomic E-state index is 12.1. The van der Waals surface area contributed by atoms with Crippen molar-refractivity contribution >= 4 is 17.7 Å². The Morgan fingerprint density at radius 3 is 2.59 bits per heavy atom. The second kappa shape index (κ2) is 6.10. The van der Waals surface area contributed by atoms with Crippen molar-refractivity contribution in [1.29, 1.82) is 0 Å². The van der Waals surface area contributed by atoms with E-state index >= 15 is 0 Å². The van der Waals surface area contributed by atoms with E-state index in [1.54, 1.807) is 11.8 Å². The van der Waals surface area contributed by atoms with Crippen molar-refractivity contribution in [2.24, 2.45) is 0 Å². The number of likely N-dealkylation sites (tertiary alicyclic amines) is 1. The minimum Gasteiger partial charge on any atom is -0.342 e. The Balaban J connectivity index is 1.80. The van der Waals surface area contributed by atoms with Crippen molar-refractivity contribution in [3.8, 4) is 0 Å². The van der Waals surface area contributed by atoms with Gasteiger partial charge in [-0.15, -0.1) is 11.8 Å². The molecule has 2 nitrogen and oxygen atoms in total. The molecule has 92 valence electrons. The maximum atomic E-state index is 12.1. The van der Waals surface area contributed by atoms with E-state index in [4.69, 9.17) is 0 Å². The van der Waals surface area contributed by atoms with Crippen LogP contribution in [-0.4, -0.2) is 29.1 Å². The number of rotatable bonds is 4. The largest absolute Gasteiger partial charge is 0.342 e. The zero-order valence-electron chi connectivity index (χ0n) is 10.3. The summed E-state index contributed by atoms with van der Waals surface area (Å²) in [4.78, 5) is 14.1. The SMILES string of the molecule is CC(SCc1ccccc1)C(=O)N1CCCC1. The van der Waals surface area contributed by atoms with Gasteiger partial charge in [-0.25, -0.2) is 0 Å². The molecule has 0 radical (unpaired) electrons. The van der Waals surface area contributed by atoms with Gasteiger partial charge in [-0.1, -0.05) is 30.3 Å². The fourth-order valence-electron chi connectivity index (χ4n) is 2.06. The number of carbonyl (C=O) groups excluding carboxylic acids is 1. The molecule has 17 heavy (non-hydrogen) atoms. The van der Waals surface area contributed by atoms with E-state index in [1.807, 2.05) is 30.0 Å². The lowest BCUT2D eigenvalue weighted by Gasteiger charge is -2.19. The van der Waals surface area contributed by atoms with Crippen LogP contribution >= 0.6 is 11.8 Å². The Morgan fingerprint density at radius 2 is 1.94 bits per heavy atom. The van der Waals surface area contributed by atoms with E-state index in [1.165, 1.54) is 18.4 Å². The third-order valence-electron chi connectivity index (χ3n) is 3.11. The molecule has 1 saturated heterocycles. The van der Waals surface area contributed by atoms with Crippen LogP contribution in [0.5, 0.6) is 0 Å². The molecule has 1 heterocycles. The first-order valence-corrected chi connectivity index (χ1v) is 7.26. The van der Waals surface area contributed by atoms with E-state index in [0.29, 0.717) is 5.91 Å². The average Bonchev–Trinajstić information content (AvgIpc) is 2.90. The van der Waals surface area contributed by atoms with Crippen LogP contribution in [0.15, 0.2) is 30.3 Å². The molecule has 0 N–H and O–H groups in total. The summed E-state index contributed by atoms with van der Waals surface area (Å²) >= 11 is 1.73. The third-order valence-corrected chi connectivity index (χ3v) is 4.31. The number of thioether (sulfide) groups is 1. The molecule has 1 amide bonds. The zero-order valence-corrected chi connectivity index (χ0v) is 11.1. The van der Waals surface area contributed by atoms with Crippen LogP contribution in [-0.2, 0) is 10.5 Å². The molecule has 1 unspecified atom stereocenters. The highest BCUT2D eigenvalue weighted by Gasteiger charge is 2.23. The molecule has 0 bridgehead atoms. The number of benzene rings is 1. The molecule has 0 aliphatic carbocycles. The Kier molecular flexibility index (Phi) is 4.49. The standard InChI is InChI=1S/C14H19NOS/c1-12(14(16)15-9-5-6-10-15)17-11-13-7-3-2-4-8-13/h2-4,7-8,12H,5-6,9-11H2,1H3. The van der Waals surface area contributed by atoms with Gasteiger partial charge >= 0.3 is 0 Å². The normalized spacial score (nSPS) is 17.1. The van der Waals surface area contributed by atoms with Gasteiger partial charge in [0.05, 0.1) is 5.25 Å². The van der Waals surface area contributed by atoms with Gasteiger partial charge in [0.25, 0.3) is 0 Å². The van der Waals surface area contributed by atoms with Gasteiger partial charge in [0, 0.05) is 18.8 Å². The Labute approximate surface area is 107 Å². The second-order valence-corrected chi connectivity index (χ2v) is 5.80. The summed E-state index contributed by atoms with van der Waals surface area (Å²) in [5.74, 6) is 1.23. The van der Waals surface area contributed by atoms with Crippen LogP contribution in [0.3, 0.4) is 0 Å². The summed E-state index contributed by atoms with van der Waals surface area (Å²) < 4.78 is 0. The molecule has 3 heteroatoms. The summed E-state index contributed by atoms with van der Waals surface area (Å²) in [5.41, 5.74) is 1.29. The van der Waals surface area contributed by atoms with E-state index in [2.05, 4.69) is 12.1 Å². The molecule has 1 aromatic carbocycles. The fourth-order valence-corrected chi connectivity index (χ4v) is 2.99. The maximum Gasteiger partial charge on any atom is 0.235 e. The number of amides is 1. The van der Waals surface area contributed by atoms with Crippen LogP contribution in [0.4, 0.5) is 0 Å². The van der Waals surface area contributed by atoms with Crippen molar-refractivity contribution in [2.45, 2.75) is 30.8 Å². The van der Waals surface area contributed by atoms with Gasteiger partial charge in [0.1, 0.15) is 0 Å². The molecule has 1 aliphatic heterocycles. The van der Waals surface area contributed by atoms with E-state index in [0.717, 1.165) is 18.8 Å². The zero-order chi connectivity index (χ0) is 12.1. The average molecular weight is 249 g/mol. The lowest BCUT2D eigenvalue weighted by molar-refractivity contribution is -0.129. The monoisotopic (exact) mass is 249 g/mol. The smallest absolute Gasteiger partial charge is 0.235 e. The second-order valence-electron chi connectivity index (χ2n) is 4.47. The van der Waals surface area contributed by atoms with Crippen LogP contribution < -0.4 is 0 Å². The summed E-state index contributed by atoms with van der Waals surface area (Å²) in [6, 6.07) is 10.3. The minimum absolute atomic E-state index is 0.0771. The number of carbonyl (C=O) groups is 1.